The first-order chi connectivity index (χ1) is 13.1. The summed E-state index contributed by atoms with van der Waals surface area (Å²) in [5, 5.41) is 0. The van der Waals surface area contributed by atoms with Crippen LogP contribution in [-0.4, -0.2) is 55.3 Å². The zero-order valence-electron chi connectivity index (χ0n) is 16.1. The molecule has 5 heteroatoms. The lowest BCUT2D eigenvalue weighted by molar-refractivity contribution is -0.130. The summed E-state index contributed by atoms with van der Waals surface area (Å²) < 4.78 is 0. The number of rotatable bonds is 6. The Bertz CT molecular complexity index is 785. The van der Waals surface area contributed by atoms with Gasteiger partial charge in [0.2, 0.25) is 5.91 Å². The molecule has 0 aliphatic carbocycles. The van der Waals surface area contributed by atoms with E-state index in [1.165, 1.54) is 23.4 Å². The number of para-hydroxylation sites is 1. The number of carbonyl (C=O) groups is 2. The van der Waals surface area contributed by atoms with Crippen LogP contribution in [0.3, 0.4) is 0 Å². The monoisotopic (exact) mass is 365 g/mol. The highest BCUT2D eigenvalue weighted by Gasteiger charge is 2.20. The third-order valence-electron chi connectivity index (χ3n) is 5.01. The highest BCUT2D eigenvalue weighted by Crippen LogP contribution is 2.25. The summed E-state index contributed by atoms with van der Waals surface area (Å²) in [6, 6.07) is 17.3. The molecule has 1 aliphatic rings. The molecular weight excluding hydrogens is 338 g/mol. The van der Waals surface area contributed by atoms with Gasteiger partial charge in [0.1, 0.15) is 0 Å². The minimum atomic E-state index is -0.144. The lowest BCUT2D eigenvalue weighted by atomic mass is 10.1. The van der Waals surface area contributed by atoms with Gasteiger partial charge in [-0.05, 0) is 36.6 Å². The van der Waals surface area contributed by atoms with Crippen LogP contribution in [0.15, 0.2) is 54.6 Å². The second-order valence-corrected chi connectivity index (χ2v) is 7.10. The second kappa shape index (κ2) is 8.71. The minimum absolute atomic E-state index is 0.0656. The average molecular weight is 365 g/mol. The fraction of sp³-hybridized carbons (Fsp3) is 0.364. The Labute approximate surface area is 161 Å². The van der Waals surface area contributed by atoms with Crippen LogP contribution in [0.1, 0.15) is 28.8 Å². The molecule has 0 N–H and O–H groups in total. The number of anilines is 1. The van der Waals surface area contributed by atoms with Gasteiger partial charge in [-0.2, -0.15) is 0 Å². The summed E-state index contributed by atoms with van der Waals surface area (Å²) in [6.45, 7) is 2.75. The van der Waals surface area contributed by atoms with E-state index >= 15 is 0 Å². The molecule has 2 aromatic carbocycles. The van der Waals surface area contributed by atoms with Crippen molar-refractivity contribution in [2.45, 2.75) is 19.4 Å². The summed E-state index contributed by atoms with van der Waals surface area (Å²) in [5.41, 5.74) is 2.95. The largest absolute Gasteiger partial charge is 0.371 e. The predicted octanol–water partition coefficient (Wildman–Crippen LogP) is 3.02. The Kier molecular flexibility index (Phi) is 6.12. The summed E-state index contributed by atoms with van der Waals surface area (Å²) >= 11 is 0. The van der Waals surface area contributed by atoms with Gasteiger partial charge in [-0.1, -0.05) is 36.4 Å². The molecule has 5 nitrogen and oxygen atoms in total. The lowest BCUT2D eigenvalue weighted by Crippen LogP contribution is -2.39. The SMILES string of the molecule is CN(Cc1ccccc1N1CCCC1)C(=O)CN(C)C(=O)c1ccccc1. The molecule has 2 amide bonds. The topological polar surface area (TPSA) is 43.9 Å². The molecule has 1 aliphatic heterocycles. The normalized spacial score (nSPS) is 13.5. The maximum absolute atomic E-state index is 12.6. The summed E-state index contributed by atoms with van der Waals surface area (Å²) in [4.78, 5) is 30.6. The molecule has 142 valence electrons. The number of amides is 2. The third-order valence-corrected chi connectivity index (χ3v) is 5.01. The predicted molar refractivity (Wildman–Crippen MR) is 108 cm³/mol. The molecule has 3 rings (SSSR count). The Morgan fingerprint density at radius 2 is 1.52 bits per heavy atom. The molecule has 0 saturated carbocycles. The van der Waals surface area contributed by atoms with Gasteiger partial charge in [0.15, 0.2) is 0 Å². The van der Waals surface area contributed by atoms with Crippen molar-refractivity contribution in [1.82, 2.24) is 9.80 Å². The highest BCUT2D eigenvalue weighted by atomic mass is 16.2. The van der Waals surface area contributed by atoms with Crippen LogP contribution in [0.4, 0.5) is 5.69 Å². The van der Waals surface area contributed by atoms with Gasteiger partial charge in [-0.3, -0.25) is 9.59 Å². The molecule has 0 atom stereocenters. The van der Waals surface area contributed by atoms with Crippen molar-refractivity contribution in [2.24, 2.45) is 0 Å². The van der Waals surface area contributed by atoms with Gasteiger partial charge < -0.3 is 14.7 Å². The first kappa shape index (κ1) is 19.0. The van der Waals surface area contributed by atoms with Crippen molar-refractivity contribution in [2.75, 3.05) is 38.6 Å². The molecule has 0 aromatic heterocycles. The van der Waals surface area contributed by atoms with E-state index in [2.05, 4.69) is 17.0 Å². The molecule has 0 unspecified atom stereocenters. The van der Waals surface area contributed by atoms with Gasteiger partial charge in [-0.25, -0.2) is 0 Å². The third kappa shape index (κ3) is 4.67. The number of carbonyl (C=O) groups excluding carboxylic acids is 2. The maximum atomic E-state index is 12.6. The zero-order chi connectivity index (χ0) is 19.2. The fourth-order valence-electron chi connectivity index (χ4n) is 3.45. The second-order valence-electron chi connectivity index (χ2n) is 7.10. The van der Waals surface area contributed by atoms with Crippen LogP contribution in [-0.2, 0) is 11.3 Å². The van der Waals surface area contributed by atoms with Crippen molar-refractivity contribution >= 4 is 17.5 Å². The summed E-state index contributed by atoms with van der Waals surface area (Å²) in [6.07, 6.45) is 2.44. The van der Waals surface area contributed by atoms with Crippen LogP contribution in [0.25, 0.3) is 0 Å². The van der Waals surface area contributed by atoms with E-state index in [0.29, 0.717) is 12.1 Å². The highest BCUT2D eigenvalue weighted by molar-refractivity contribution is 5.96. The van der Waals surface area contributed by atoms with E-state index in [-0.39, 0.29) is 18.4 Å². The molecule has 2 aromatic rings. The van der Waals surface area contributed by atoms with Crippen LogP contribution in [0.5, 0.6) is 0 Å². The van der Waals surface area contributed by atoms with E-state index in [1.54, 1.807) is 31.1 Å². The van der Waals surface area contributed by atoms with Gasteiger partial charge in [-0.15, -0.1) is 0 Å². The molecule has 0 radical (unpaired) electrons. The van der Waals surface area contributed by atoms with Crippen molar-refractivity contribution < 1.29 is 9.59 Å². The molecule has 0 bridgehead atoms. The molecule has 1 heterocycles. The summed E-state index contributed by atoms with van der Waals surface area (Å²) in [7, 11) is 3.46. The summed E-state index contributed by atoms with van der Waals surface area (Å²) in [5.74, 6) is -0.215. The maximum Gasteiger partial charge on any atom is 0.254 e. The van der Waals surface area contributed by atoms with Crippen LogP contribution >= 0.6 is 0 Å². The Morgan fingerprint density at radius 3 is 2.22 bits per heavy atom. The Morgan fingerprint density at radius 1 is 0.889 bits per heavy atom. The number of likely N-dealkylation sites (N-methyl/N-ethyl adjacent to an activating group) is 2. The average Bonchev–Trinajstić information content (AvgIpc) is 3.23. The zero-order valence-corrected chi connectivity index (χ0v) is 16.1. The van der Waals surface area contributed by atoms with Crippen molar-refractivity contribution in [3.63, 3.8) is 0 Å². The molecular formula is C22H27N3O2. The van der Waals surface area contributed by atoms with Crippen molar-refractivity contribution in [1.29, 1.82) is 0 Å². The van der Waals surface area contributed by atoms with Crippen LogP contribution in [0.2, 0.25) is 0 Å². The molecule has 1 saturated heterocycles. The van der Waals surface area contributed by atoms with E-state index in [4.69, 9.17) is 0 Å². The van der Waals surface area contributed by atoms with Gasteiger partial charge >= 0.3 is 0 Å². The number of hydrogen-bond donors (Lipinski definition) is 0. The fourth-order valence-corrected chi connectivity index (χ4v) is 3.45. The number of nitrogens with zero attached hydrogens (tertiary/aromatic N) is 3. The smallest absolute Gasteiger partial charge is 0.254 e. The molecule has 1 fully saturated rings. The first-order valence-corrected chi connectivity index (χ1v) is 9.43. The Hall–Kier alpha value is -2.82. The van der Waals surface area contributed by atoms with Gasteiger partial charge in [0.05, 0.1) is 6.54 Å². The minimum Gasteiger partial charge on any atom is -0.371 e. The molecule has 27 heavy (non-hydrogen) atoms. The Balaban J connectivity index is 1.62. The van der Waals surface area contributed by atoms with E-state index < -0.39 is 0 Å². The van der Waals surface area contributed by atoms with Crippen molar-refractivity contribution in [3.05, 3.63) is 65.7 Å². The van der Waals surface area contributed by atoms with Gasteiger partial charge in [0, 0.05) is 45.0 Å². The molecule has 0 spiro atoms. The van der Waals surface area contributed by atoms with E-state index in [1.807, 2.05) is 30.3 Å². The van der Waals surface area contributed by atoms with Crippen molar-refractivity contribution in [3.8, 4) is 0 Å². The van der Waals surface area contributed by atoms with E-state index in [9.17, 15) is 9.59 Å². The number of benzene rings is 2. The van der Waals surface area contributed by atoms with Gasteiger partial charge in [0.25, 0.3) is 5.91 Å². The van der Waals surface area contributed by atoms with E-state index in [0.717, 1.165) is 18.7 Å². The quantitative estimate of drug-likeness (QED) is 0.790. The standard InChI is InChI=1S/C22H27N3O2/c1-23(16-19-12-6-7-13-20(19)25-14-8-9-15-25)21(26)17-24(2)22(27)18-10-4-3-5-11-18/h3-7,10-13H,8-9,14-17H2,1-2H3. The first-order valence-electron chi connectivity index (χ1n) is 9.43. The lowest BCUT2D eigenvalue weighted by Gasteiger charge is -2.26. The van der Waals surface area contributed by atoms with Crippen LogP contribution in [0, 0.1) is 0 Å². The number of hydrogen-bond acceptors (Lipinski definition) is 3. The van der Waals surface area contributed by atoms with Crippen LogP contribution < -0.4 is 4.90 Å².